The Morgan fingerprint density at radius 3 is 2.48 bits per heavy atom. The third kappa shape index (κ3) is 5.60. The SMILES string of the molecule is CCn1c(COc2ccc(C)cc2C)nnc1SCC(=O)Nc1ccc(C)cc1. The van der Waals surface area contributed by atoms with E-state index < -0.39 is 0 Å². The number of hydrogen-bond acceptors (Lipinski definition) is 5. The van der Waals surface area contributed by atoms with Crippen molar-refractivity contribution in [3.8, 4) is 5.75 Å². The molecule has 0 unspecified atom stereocenters. The van der Waals surface area contributed by atoms with Gasteiger partial charge in [-0.05, 0) is 51.5 Å². The summed E-state index contributed by atoms with van der Waals surface area (Å²) in [5.41, 5.74) is 4.24. The van der Waals surface area contributed by atoms with E-state index in [1.165, 1.54) is 17.3 Å². The second-order valence-electron chi connectivity index (χ2n) is 6.90. The van der Waals surface area contributed by atoms with Crippen molar-refractivity contribution >= 4 is 23.4 Å². The molecule has 1 amide bonds. The predicted molar refractivity (Wildman–Crippen MR) is 116 cm³/mol. The number of benzene rings is 2. The number of aromatic nitrogens is 3. The van der Waals surface area contributed by atoms with Crippen molar-refractivity contribution in [1.82, 2.24) is 14.8 Å². The molecule has 3 rings (SSSR count). The first-order chi connectivity index (χ1) is 14.0. The van der Waals surface area contributed by atoms with E-state index in [1.54, 1.807) is 0 Å². The Hall–Kier alpha value is -2.80. The number of carbonyl (C=O) groups excluding carboxylic acids is 1. The molecular weight excluding hydrogens is 384 g/mol. The van der Waals surface area contributed by atoms with Gasteiger partial charge in [-0.3, -0.25) is 4.79 Å². The first-order valence-corrected chi connectivity index (χ1v) is 10.6. The third-order valence-corrected chi connectivity index (χ3v) is 5.43. The van der Waals surface area contributed by atoms with Gasteiger partial charge in [0, 0.05) is 12.2 Å². The molecule has 0 saturated carbocycles. The molecule has 6 nitrogen and oxygen atoms in total. The minimum absolute atomic E-state index is 0.0717. The van der Waals surface area contributed by atoms with Gasteiger partial charge in [0.25, 0.3) is 0 Å². The van der Waals surface area contributed by atoms with Crippen molar-refractivity contribution in [3.05, 3.63) is 65.0 Å². The summed E-state index contributed by atoms with van der Waals surface area (Å²) < 4.78 is 7.92. The minimum Gasteiger partial charge on any atom is -0.485 e. The van der Waals surface area contributed by atoms with Crippen LogP contribution in [0.5, 0.6) is 5.75 Å². The highest BCUT2D eigenvalue weighted by Crippen LogP contribution is 2.22. The zero-order valence-electron chi connectivity index (χ0n) is 17.2. The lowest BCUT2D eigenvalue weighted by Crippen LogP contribution is -2.15. The highest BCUT2D eigenvalue weighted by Gasteiger charge is 2.14. The van der Waals surface area contributed by atoms with Crippen LogP contribution in [0.15, 0.2) is 47.6 Å². The smallest absolute Gasteiger partial charge is 0.234 e. The monoisotopic (exact) mass is 410 g/mol. The van der Waals surface area contributed by atoms with Crippen molar-refractivity contribution in [2.24, 2.45) is 0 Å². The molecule has 0 aliphatic carbocycles. The van der Waals surface area contributed by atoms with E-state index in [1.807, 2.05) is 61.7 Å². The number of nitrogens with one attached hydrogen (secondary N) is 1. The van der Waals surface area contributed by atoms with Crippen LogP contribution in [-0.2, 0) is 17.9 Å². The fraction of sp³-hybridized carbons (Fsp3) is 0.318. The van der Waals surface area contributed by atoms with Crippen molar-refractivity contribution in [2.75, 3.05) is 11.1 Å². The molecule has 1 N–H and O–H groups in total. The molecule has 2 aromatic carbocycles. The number of amides is 1. The molecule has 0 spiro atoms. The number of rotatable bonds is 8. The van der Waals surface area contributed by atoms with Crippen LogP contribution in [0.4, 0.5) is 5.69 Å². The van der Waals surface area contributed by atoms with Gasteiger partial charge >= 0.3 is 0 Å². The number of ether oxygens (including phenoxy) is 1. The Balaban J connectivity index is 1.58. The summed E-state index contributed by atoms with van der Waals surface area (Å²) in [6, 6.07) is 13.8. The molecule has 0 aliphatic heterocycles. The third-order valence-electron chi connectivity index (χ3n) is 4.46. The van der Waals surface area contributed by atoms with Gasteiger partial charge in [-0.1, -0.05) is 47.2 Å². The molecule has 0 bridgehead atoms. The number of nitrogens with zero attached hydrogens (tertiary/aromatic N) is 3. The molecule has 0 radical (unpaired) electrons. The summed E-state index contributed by atoms with van der Waals surface area (Å²) in [6.07, 6.45) is 0. The molecule has 3 aromatic rings. The standard InChI is InChI=1S/C22H26N4O2S/c1-5-26-20(13-28-19-11-8-16(3)12-17(19)4)24-25-22(26)29-14-21(27)23-18-9-6-15(2)7-10-18/h6-12H,5,13-14H2,1-4H3,(H,23,27). The summed E-state index contributed by atoms with van der Waals surface area (Å²) in [4.78, 5) is 12.2. The molecule has 0 aliphatic rings. The van der Waals surface area contributed by atoms with E-state index in [9.17, 15) is 4.79 Å². The summed E-state index contributed by atoms with van der Waals surface area (Å²) in [6.45, 7) is 9.17. The second kappa shape index (κ2) is 9.60. The summed E-state index contributed by atoms with van der Waals surface area (Å²) in [5, 5.41) is 12.1. The van der Waals surface area contributed by atoms with E-state index in [-0.39, 0.29) is 11.7 Å². The molecule has 1 aromatic heterocycles. The van der Waals surface area contributed by atoms with E-state index in [0.717, 1.165) is 28.4 Å². The van der Waals surface area contributed by atoms with Crippen molar-refractivity contribution < 1.29 is 9.53 Å². The fourth-order valence-corrected chi connectivity index (χ4v) is 3.74. The quantitative estimate of drug-likeness (QED) is 0.553. The summed E-state index contributed by atoms with van der Waals surface area (Å²) >= 11 is 1.37. The zero-order valence-corrected chi connectivity index (χ0v) is 18.0. The maximum Gasteiger partial charge on any atom is 0.234 e. The van der Waals surface area contributed by atoms with Crippen molar-refractivity contribution in [1.29, 1.82) is 0 Å². The lowest BCUT2D eigenvalue weighted by atomic mass is 10.1. The minimum atomic E-state index is -0.0717. The Bertz CT molecular complexity index is 983. The van der Waals surface area contributed by atoms with Gasteiger partial charge in [0.1, 0.15) is 12.4 Å². The first-order valence-electron chi connectivity index (χ1n) is 9.57. The predicted octanol–water partition coefficient (Wildman–Crippen LogP) is 4.53. The van der Waals surface area contributed by atoms with Crippen LogP contribution in [0.3, 0.4) is 0 Å². The fourth-order valence-electron chi connectivity index (χ4n) is 2.92. The van der Waals surface area contributed by atoms with Crippen LogP contribution >= 0.6 is 11.8 Å². The van der Waals surface area contributed by atoms with Gasteiger partial charge in [-0.2, -0.15) is 0 Å². The first kappa shape index (κ1) is 20.9. The molecule has 0 saturated heterocycles. The normalized spacial score (nSPS) is 10.8. The Morgan fingerprint density at radius 2 is 1.79 bits per heavy atom. The number of carbonyl (C=O) groups is 1. The summed E-state index contributed by atoms with van der Waals surface area (Å²) in [7, 11) is 0. The van der Waals surface area contributed by atoms with Gasteiger partial charge in [0.15, 0.2) is 11.0 Å². The highest BCUT2D eigenvalue weighted by molar-refractivity contribution is 7.99. The Morgan fingerprint density at radius 1 is 1.07 bits per heavy atom. The lowest BCUT2D eigenvalue weighted by molar-refractivity contribution is -0.113. The molecule has 152 valence electrons. The molecule has 1 heterocycles. The number of aryl methyl sites for hydroxylation is 3. The average molecular weight is 411 g/mol. The number of anilines is 1. The maximum atomic E-state index is 12.2. The van der Waals surface area contributed by atoms with E-state index in [2.05, 4.69) is 28.5 Å². The van der Waals surface area contributed by atoms with Gasteiger partial charge in [-0.15, -0.1) is 10.2 Å². The molecular formula is C22H26N4O2S. The van der Waals surface area contributed by atoms with Crippen LogP contribution in [-0.4, -0.2) is 26.4 Å². The summed E-state index contributed by atoms with van der Waals surface area (Å²) in [5.74, 6) is 1.78. The van der Waals surface area contributed by atoms with Crippen LogP contribution in [0.25, 0.3) is 0 Å². The largest absolute Gasteiger partial charge is 0.485 e. The Labute approximate surface area is 175 Å². The Kier molecular flexibility index (Phi) is 6.93. The maximum absolute atomic E-state index is 12.2. The van der Waals surface area contributed by atoms with E-state index in [0.29, 0.717) is 18.3 Å². The van der Waals surface area contributed by atoms with E-state index >= 15 is 0 Å². The van der Waals surface area contributed by atoms with E-state index in [4.69, 9.17) is 4.74 Å². The topological polar surface area (TPSA) is 69.0 Å². The zero-order chi connectivity index (χ0) is 20.8. The van der Waals surface area contributed by atoms with Crippen molar-refractivity contribution in [3.63, 3.8) is 0 Å². The van der Waals surface area contributed by atoms with Gasteiger partial charge in [0.2, 0.25) is 5.91 Å². The second-order valence-corrected chi connectivity index (χ2v) is 7.85. The molecule has 0 fully saturated rings. The van der Waals surface area contributed by atoms with Crippen LogP contribution < -0.4 is 10.1 Å². The van der Waals surface area contributed by atoms with Gasteiger partial charge in [-0.25, -0.2) is 0 Å². The van der Waals surface area contributed by atoms with Crippen LogP contribution in [0, 0.1) is 20.8 Å². The highest BCUT2D eigenvalue weighted by atomic mass is 32.2. The van der Waals surface area contributed by atoms with Crippen LogP contribution in [0.2, 0.25) is 0 Å². The van der Waals surface area contributed by atoms with Crippen LogP contribution in [0.1, 0.15) is 29.4 Å². The molecule has 7 heteroatoms. The number of thioether (sulfide) groups is 1. The van der Waals surface area contributed by atoms with Gasteiger partial charge < -0.3 is 14.6 Å². The molecule has 0 atom stereocenters. The van der Waals surface area contributed by atoms with Crippen molar-refractivity contribution in [2.45, 2.75) is 46.0 Å². The molecule has 29 heavy (non-hydrogen) atoms. The van der Waals surface area contributed by atoms with Gasteiger partial charge in [0.05, 0.1) is 5.75 Å². The lowest BCUT2D eigenvalue weighted by Gasteiger charge is -2.11. The number of hydrogen-bond donors (Lipinski definition) is 1. The average Bonchev–Trinajstić information content (AvgIpc) is 3.09.